The molecule has 0 aliphatic carbocycles. The molecule has 0 aliphatic rings. The Hall–Kier alpha value is -3.18. The summed E-state index contributed by atoms with van der Waals surface area (Å²) >= 11 is 5.89. The van der Waals surface area contributed by atoms with Gasteiger partial charge in [-0.3, -0.25) is 4.79 Å². The van der Waals surface area contributed by atoms with E-state index in [9.17, 15) is 4.79 Å². The maximum atomic E-state index is 12.2. The minimum absolute atomic E-state index is 0.314. The number of amides is 1. The van der Waals surface area contributed by atoms with E-state index >= 15 is 0 Å². The number of furan rings is 1. The highest BCUT2D eigenvalue weighted by atomic mass is 35.5. The van der Waals surface area contributed by atoms with Gasteiger partial charge in [-0.1, -0.05) is 11.6 Å². The van der Waals surface area contributed by atoms with E-state index in [1.165, 1.54) is 13.2 Å². The molecule has 27 heavy (non-hydrogen) atoms. The van der Waals surface area contributed by atoms with E-state index < -0.39 is 0 Å². The normalized spacial score (nSPS) is 10.8. The summed E-state index contributed by atoms with van der Waals surface area (Å²) in [7, 11) is 3.09. The van der Waals surface area contributed by atoms with Crippen LogP contribution in [-0.2, 0) is 4.79 Å². The van der Waals surface area contributed by atoms with Crippen molar-refractivity contribution in [1.29, 1.82) is 0 Å². The van der Waals surface area contributed by atoms with Crippen molar-refractivity contribution in [2.24, 2.45) is 0 Å². The lowest BCUT2D eigenvalue weighted by Crippen LogP contribution is -2.09. The quantitative estimate of drug-likeness (QED) is 0.589. The second-order valence-corrected chi connectivity index (χ2v) is 6.03. The SMILES string of the molecule is COc1ccc(OC)c(NC(=O)C=Cc2ccc(-c3ccc(Cl)cc3)o2)c1. The maximum Gasteiger partial charge on any atom is 0.248 e. The molecule has 2 aromatic carbocycles. The number of nitrogens with one attached hydrogen (secondary N) is 1. The highest BCUT2D eigenvalue weighted by molar-refractivity contribution is 6.30. The van der Waals surface area contributed by atoms with Gasteiger partial charge in [0.2, 0.25) is 5.91 Å². The van der Waals surface area contributed by atoms with Gasteiger partial charge in [-0.05, 0) is 54.6 Å². The fraction of sp³-hybridized carbons (Fsp3) is 0.0952. The topological polar surface area (TPSA) is 60.7 Å². The number of ether oxygens (including phenoxy) is 2. The number of carbonyl (C=O) groups excluding carboxylic acids is 1. The molecule has 0 atom stereocenters. The van der Waals surface area contributed by atoms with Gasteiger partial charge in [0.15, 0.2) is 0 Å². The third kappa shape index (κ3) is 4.71. The Morgan fingerprint density at radius 3 is 2.52 bits per heavy atom. The van der Waals surface area contributed by atoms with Crippen molar-refractivity contribution >= 4 is 29.3 Å². The average Bonchev–Trinajstić information content (AvgIpc) is 3.16. The molecule has 0 bridgehead atoms. The molecule has 0 radical (unpaired) electrons. The molecule has 1 heterocycles. The van der Waals surface area contributed by atoms with Crippen LogP contribution in [0, 0.1) is 0 Å². The Bertz CT molecular complexity index is 961. The van der Waals surface area contributed by atoms with Crippen molar-refractivity contribution in [3.05, 3.63) is 71.5 Å². The van der Waals surface area contributed by atoms with E-state index in [0.717, 1.165) is 5.56 Å². The minimum atomic E-state index is -0.314. The molecule has 0 fully saturated rings. The van der Waals surface area contributed by atoms with Crippen molar-refractivity contribution in [2.75, 3.05) is 19.5 Å². The predicted molar refractivity (Wildman–Crippen MR) is 106 cm³/mol. The maximum absolute atomic E-state index is 12.2. The Morgan fingerprint density at radius 1 is 1.04 bits per heavy atom. The van der Waals surface area contributed by atoms with Crippen LogP contribution in [0.1, 0.15) is 5.76 Å². The zero-order chi connectivity index (χ0) is 19.2. The zero-order valence-electron chi connectivity index (χ0n) is 14.9. The average molecular weight is 384 g/mol. The summed E-state index contributed by atoms with van der Waals surface area (Å²) in [4.78, 5) is 12.2. The van der Waals surface area contributed by atoms with Crippen LogP contribution in [0.25, 0.3) is 17.4 Å². The van der Waals surface area contributed by atoms with Crippen LogP contribution >= 0.6 is 11.6 Å². The fourth-order valence-corrected chi connectivity index (χ4v) is 2.58. The molecule has 3 rings (SSSR count). The zero-order valence-corrected chi connectivity index (χ0v) is 15.6. The summed E-state index contributed by atoms with van der Waals surface area (Å²) in [5, 5.41) is 3.43. The highest BCUT2D eigenvalue weighted by Gasteiger charge is 2.08. The van der Waals surface area contributed by atoms with E-state index in [0.29, 0.717) is 33.7 Å². The number of benzene rings is 2. The largest absolute Gasteiger partial charge is 0.497 e. The molecule has 5 nitrogen and oxygen atoms in total. The van der Waals surface area contributed by atoms with Gasteiger partial charge in [0.1, 0.15) is 23.0 Å². The van der Waals surface area contributed by atoms with Crippen LogP contribution in [0.4, 0.5) is 5.69 Å². The summed E-state index contributed by atoms with van der Waals surface area (Å²) in [6, 6.07) is 16.1. The molecule has 0 saturated carbocycles. The van der Waals surface area contributed by atoms with Crippen LogP contribution in [0.3, 0.4) is 0 Å². The summed E-state index contributed by atoms with van der Waals surface area (Å²) < 4.78 is 16.2. The first-order valence-electron chi connectivity index (χ1n) is 8.16. The first-order valence-corrected chi connectivity index (χ1v) is 8.53. The van der Waals surface area contributed by atoms with Gasteiger partial charge >= 0.3 is 0 Å². The van der Waals surface area contributed by atoms with Gasteiger partial charge in [-0.25, -0.2) is 0 Å². The van der Waals surface area contributed by atoms with E-state index in [-0.39, 0.29) is 5.91 Å². The van der Waals surface area contributed by atoms with Gasteiger partial charge in [-0.2, -0.15) is 0 Å². The monoisotopic (exact) mass is 383 g/mol. The summed E-state index contributed by atoms with van der Waals surface area (Å²) in [5.74, 6) is 2.11. The second kappa shape index (κ2) is 8.47. The molecule has 0 saturated heterocycles. The second-order valence-electron chi connectivity index (χ2n) is 5.60. The van der Waals surface area contributed by atoms with Crippen molar-refractivity contribution in [3.63, 3.8) is 0 Å². The highest BCUT2D eigenvalue weighted by Crippen LogP contribution is 2.29. The van der Waals surface area contributed by atoms with Crippen molar-refractivity contribution in [1.82, 2.24) is 0 Å². The first-order chi connectivity index (χ1) is 13.1. The van der Waals surface area contributed by atoms with Crippen LogP contribution in [0.15, 0.2) is 65.1 Å². The predicted octanol–water partition coefficient (Wildman–Crippen LogP) is 5.27. The van der Waals surface area contributed by atoms with E-state index in [1.54, 1.807) is 49.6 Å². The van der Waals surface area contributed by atoms with E-state index in [4.69, 9.17) is 25.5 Å². The molecular weight excluding hydrogens is 366 g/mol. The number of carbonyl (C=O) groups is 1. The van der Waals surface area contributed by atoms with Gasteiger partial charge < -0.3 is 19.2 Å². The molecule has 138 valence electrons. The standard InChI is InChI=1S/C21H18ClNO4/c1-25-17-8-11-20(26-2)18(13-17)23-21(24)12-9-16-7-10-19(27-16)14-3-5-15(22)6-4-14/h3-13H,1-2H3,(H,23,24). The van der Waals surface area contributed by atoms with Crippen molar-refractivity contribution < 1.29 is 18.7 Å². The molecule has 0 unspecified atom stereocenters. The molecule has 6 heteroatoms. The number of methoxy groups -OCH3 is 2. The van der Waals surface area contributed by atoms with Crippen molar-refractivity contribution in [2.45, 2.75) is 0 Å². The first kappa shape index (κ1) is 18.6. The smallest absolute Gasteiger partial charge is 0.248 e. The molecule has 1 amide bonds. The molecule has 1 aromatic heterocycles. The Labute approximate surface area is 162 Å². The van der Waals surface area contributed by atoms with Crippen LogP contribution in [-0.4, -0.2) is 20.1 Å². The summed E-state index contributed by atoms with van der Waals surface area (Å²) in [5.41, 5.74) is 1.43. The van der Waals surface area contributed by atoms with E-state index in [1.807, 2.05) is 18.2 Å². The molecule has 0 aliphatic heterocycles. The third-order valence-corrected chi connectivity index (χ3v) is 4.07. The van der Waals surface area contributed by atoms with Gasteiger partial charge in [-0.15, -0.1) is 0 Å². The van der Waals surface area contributed by atoms with E-state index in [2.05, 4.69) is 5.32 Å². The summed E-state index contributed by atoms with van der Waals surface area (Å²) in [6.07, 6.45) is 2.99. The fourth-order valence-electron chi connectivity index (χ4n) is 2.46. The number of hydrogen-bond acceptors (Lipinski definition) is 4. The Balaban J connectivity index is 1.70. The minimum Gasteiger partial charge on any atom is -0.497 e. The molecule has 3 aromatic rings. The molecule has 1 N–H and O–H groups in total. The number of rotatable bonds is 6. The van der Waals surface area contributed by atoms with Gasteiger partial charge in [0.05, 0.1) is 19.9 Å². The number of hydrogen-bond donors (Lipinski definition) is 1. The third-order valence-electron chi connectivity index (χ3n) is 3.82. The Kier molecular flexibility index (Phi) is 5.84. The Morgan fingerprint density at radius 2 is 1.81 bits per heavy atom. The van der Waals surface area contributed by atoms with Gasteiger partial charge in [0.25, 0.3) is 0 Å². The van der Waals surface area contributed by atoms with Gasteiger partial charge in [0, 0.05) is 22.7 Å². The van der Waals surface area contributed by atoms with Crippen LogP contribution in [0.5, 0.6) is 11.5 Å². The lowest BCUT2D eigenvalue weighted by Gasteiger charge is -2.10. The number of anilines is 1. The summed E-state index contributed by atoms with van der Waals surface area (Å²) in [6.45, 7) is 0. The lowest BCUT2D eigenvalue weighted by atomic mass is 10.2. The van der Waals surface area contributed by atoms with Crippen LogP contribution < -0.4 is 14.8 Å². The molecule has 0 spiro atoms. The number of halogens is 1. The van der Waals surface area contributed by atoms with Crippen molar-refractivity contribution in [3.8, 4) is 22.8 Å². The molecular formula is C21H18ClNO4. The lowest BCUT2D eigenvalue weighted by molar-refractivity contribution is -0.111. The van der Waals surface area contributed by atoms with Crippen LogP contribution in [0.2, 0.25) is 5.02 Å².